The molecule has 0 saturated carbocycles. The summed E-state index contributed by atoms with van der Waals surface area (Å²) in [6.45, 7) is 2.33. The molecule has 1 saturated heterocycles. The monoisotopic (exact) mass is 436 g/mol. The number of ether oxygens (including phenoxy) is 1. The molecule has 3 aromatic carbocycles. The fourth-order valence-corrected chi connectivity index (χ4v) is 3.82. The fourth-order valence-electron chi connectivity index (χ4n) is 3.36. The van der Waals surface area contributed by atoms with Crippen LogP contribution in [0.1, 0.15) is 12.5 Å². The molecule has 5 nitrogen and oxygen atoms in total. The third kappa shape index (κ3) is 3.67. The maximum absolute atomic E-state index is 13.3. The van der Waals surface area contributed by atoms with Crippen LogP contribution in [0.2, 0.25) is 5.02 Å². The molecule has 1 N–H and O–H groups in total. The highest BCUT2D eigenvalue weighted by atomic mass is 35.5. The summed E-state index contributed by atoms with van der Waals surface area (Å²) in [6.07, 6.45) is 1.56. The van der Waals surface area contributed by atoms with Crippen LogP contribution in [0.15, 0.2) is 66.2 Å². The molecule has 0 aromatic heterocycles. The van der Waals surface area contributed by atoms with Gasteiger partial charge in [-0.2, -0.15) is 0 Å². The van der Waals surface area contributed by atoms with Gasteiger partial charge in [0.05, 0.1) is 12.3 Å². The minimum absolute atomic E-state index is 0.00682. The number of fused-ring (bicyclic) bond motifs is 1. The van der Waals surface area contributed by atoms with E-state index in [4.69, 9.17) is 28.6 Å². The average molecular weight is 437 g/mol. The molecule has 1 aliphatic rings. The predicted octanol–water partition coefficient (Wildman–Crippen LogP) is 4.72. The van der Waals surface area contributed by atoms with Crippen molar-refractivity contribution in [3.8, 4) is 5.75 Å². The molecule has 0 bridgehead atoms. The Morgan fingerprint density at radius 3 is 2.67 bits per heavy atom. The van der Waals surface area contributed by atoms with Crippen LogP contribution in [0.4, 0.5) is 5.69 Å². The van der Waals surface area contributed by atoms with E-state index in [1.165, 1.54) is 4.90 Å². The van der Waals surface area contributed by atoms with Gasteiger partial charge in [0, 0.05) is 10.6 Å². The molecule has 0 atom stereocenters. The number of anilines is 1. The van der Waals surface area contributed by atoms with Crippen molar-refractivity contribution in [3.05, 3.63) is 76.8 Å². The van der Waals surface area contributed by atoms with Crippen molar-refractivity contribution < 1.29 is 14.3 Å². The summed E-state index contributed by atoms with van der Waals surface area (Å²) in [5, 5.41) is 4.90. The number of thiocarbonyl (C=S) groups is 1. The standard InChI is InChI=1S/C23H17ClN2O3S/c1-2-29-20-11-10-14-6-3-4-9-17(14)18(20)13-19-21(27)25-23(30)26(22(19)28)16-8-5-7-15(24)12-16/h3-13H,2H2,1H3,(H,25,27,30)/b19-13+. The van der Waals surface area contributed by atoms with E-state index in [-0.39, 0.29) is 10.7 Å². The quantitative estimate of drug-likeness (QED) is 0.365. The Bertz CT molecular complexity index is 1220. The zero-order valence-electron chi connectivity index (χ0n) is 16.0. The summed E-state index contributed by atoms with van der Waals surface area (Å²) in [4.78, 5) is 27.2. The van der Waals surface area contributed by atoms with E-state index in [2.05, 4.69) is 5.32 Å². The maximum atomic E-state index is 13.3. The Hall–Kier alpha value is -3.22. The third-order valence-corrected chi connectivity index (χ3v) is 5.21. The zero-order valence-corrected chi connectivity index (χ0v) is 17.6. The van der Waals surface area contributed by atoms with Crippen molar-refractivity contribution in [2.75, 3.05) is 11.5 Å². The van der Waals surface area contributed by atoms with Gasteiger partial charge in [-0.05, 0) is 60.3 Å². The molecule has 30 heavy (non-hydrogen) atoms. The minimum atomic E-state index is -0.557. The van der Waals surface area contributed by atoms with Crippen LogP contribution in [0, 0.1) is 0 Å². The summed E-state index contributed by atoms with van der Waals surface area (Å²) in [5.41, 5.74) is 1.10. The van der Waals surface area contributed by atoms with Crippen molar-refractivity contribution in [2.24, 2.45) is 0 Å². The molecule has 7 heteroatoms. The molecule has 1 aliphatic heterocycles. The molecule has 4 rings (SSSR count). The lowest BCUT2D eigenvalue weighted by Crippen LogP contribution is -2.54. The molecular formula is C23H17ClN2O3S. The number of hydrogen-bond acceptors (Lipinski definition) is 4. The van der Waals surface area contributed by atoms with Gasteiger partial charge in [-0.3, -0.25) is 19.8 Å². The Morgan fingerprint density at radius 1 is 1.10 bits per heavy atom. The van der Waals surface area contributed by atoms with E-state index in [1.54, 1.807) is 30.3 Å². The van der Waals surface area contributed by atoms with Gasteiger partial charge in [0.1, 0.15) is 11.3 Å². The van der Waals surface area contributed by atoms with Crippen LogP contribution >= 0.6 is 23.8 Å². The molecular weight excluding hydrogens is 420 g/mol. The topological polar surface area (TPSA) is 58.6 Å². The van der Waals surface area contributed by atoms with Crippen molar-refractivity contribution in [2.45, 2.75) is 6.92 Å². The summed E-state index contributed by atoms with van der Waals surface area (Å²) in [6, 6.07) is 18.2. The van der Waals surface area contributed by atoms with Crippen LogP contribution in [0.3, 0.4) is 0 Å². The van der Waals surface area contributed by atoms with Crippen molar-refractivity contribution in [1.82, 2.24) is 5.32 Å². The lowest BCUT2D eigenvalue weighted by atomic mass is 9.99. The number of rotatable bonds is 4. The maximum Gasteiger partial charge on any atom is 0.270 e. The van der Waals surface area contributed by atoms with E-state index in [1.807, 2.05) is 43.3 Å². The summed E-state index contributed by atoms with van der Waals surface area (Å²) in [5.74, 6) is -0.494. The number of nitrogens with one attached hydrogen (secondary N) is 1. The lowest BCUT2D eigenvalue weighted by molar-refractivity contribution is -0.122. The summed E-state index contributed by atoms with van der Waals surface area (Å²) < 4.78 is 5.76. The van der Waals surface area contributed by atoms with Gasteiger partial charge >= 0.3 is 0 Å². The normalized spacial score (nSPS) is 15.6. The first-order chi connectivity index (χ1) is 14.5. The van der Waals surface area contributed by atoms with E-state index < -0.39 is 11.8 Å². The number of carbonyl (C=O) groups excluding carboxylic acids is 2. The molecule has 2 amide bonds. The molecule has 0 radical (unpaired) electrons. The fraction of sp³-hybridized carbons (Fsp3) is 0.0870. The number of hydrogen-bond donors (Lipinski definition) is 1. The number of amides is 2. The number of carbonyl (C=O) groups is 2. The van der Waals surface area contributed by atoms with Crippen LogP contribution < -0.4 is 15.0 Å². The smallest absolute Gasteiger partial charge is 0.270 e. The van der Waals surface area contributed by atoms with Gasteiger partial charge in [0.15, 0.2) is 5.11 Å². The first kappa shape index (κ1) is 20.1. The second kappa shape index (κ2) is 8.26. The Kier molecular flexibility index (Phi) is 5.53. The van der Waals surface area contributed by atoms with Crippen LogP contribution in [0.25, 0.3) is 16.8 Å². The summed E-state index contributed by atoms with van der Waals surface area (Å²) in [7, 11) is 0. The summed E-state index contributed by atoms with van der Waals surface area (Å²) >= 11 is 11.3. The van der Waals surface area contributed by atoms with Crippen molar-refractivity contribution in [3.63, 3.8) is 0 Å². The van der Waals surface area contributed by atoms with E-state index in [9.17, 15) is 9.59 Å². The highest BCUT2D eigenvalue weighted by Gasteiger charge is 2.35. The lowest BCUT2D eigenvalue weighted by Gasteiger charge is -2.29. The van der Waals surface area contributed by atoms with Gasteiger partial charge in [-0.1, -0.05) is 48.0 Å². The molecule has 1 heterocycles. The largest absolute Gasteiger partial charge is 0.493 e. The second-order valence-electron chi connectivity index (χ2n) is 6.57. The first-order valence-electron chi connectivity index (χ1n) is 9.31. The highest BCUT2D eigenvalue weighted by Crippen LogP contribution is 2.32. The second-order valence-corrected chi connectivity index (χ2v) is 7.39. The van der Waals surface area contributed by atoms with Gasteiger partial charge in [0.2, 0.25) is 0 Å². The van der Waals surface area contributed by atoms with Crippen LogP contribution in [-0.4, -0.2) is 23.5 Å². The van der Waals surface area contributed by atoms with E-state index in [0.717, 1.165) is 10.8 Å². The Labute approximate surface area is 183 Å². The van der Waals surface area contributed by atoms with Crippen LogP contribution in [-0.2, 0) is 9.59 Å². The predicted molar refractivity (Wildman–Crippen MR) is 123 cm³/mol. The highest BCUT2D eigenvalue weighted by molar-refractivity contribution is 7.80. The molecule has 0 aliphatic carbocycles. The Balaban J connectivity index is 1.87. The molecule has 3 aromatic rings. The third-order valence-electron chi connectivity index (χ3n) is 4.69. The molecule has 0 spiro atoms. The number of halogens is 1. The Morgan fingerprint density at radius 2 is 1.90 bits per heavy atom. The van der Waals surface area contributed by atoms with Gasteiger partial charge in [-0.25, -0.2) is 0 Å². The van der Waals surface area contributed by atoms with E-state index >= 15 is 0 Å². The van der Waals surface area contributed by atoms with Gasteiger partial charge in [0.25, 0.3) is 11.8 Å². The van der Waals surface area contributed by atoms with Gasteiger partial charge < -0.3 is 4.74 Å². The van der Waals surface area contributed by atoms with Gasteiger partial charge in [-0.15, -0.1) is 0 Å². The zero-order chi connectivity index (χ0) is 21.3. The molecule has 150 valence electrons. The number of benzene rings is 3. The molecule has 0 unspecified atom stereocenters. The SMILES string of the molecule is CCOc1ccc2ccccc2c1/C=C1\C(=O)NC(=S)N(c2cccc(Cl)c2)C1=O. The molecule has 1 fully saturated rings. The van der Waals surface area contributed by atoms with Crippen molar-refractivity contribution in [1.29, 1.82) is 0 Å². The first-order valence-corrected chi connectivity index (χ1v) is 10.1. The average Bonchev–Trinajstić information content (AvgIpc) is 2.72. The number of nitrogens with zero attached hydrogens (tertiary/aromatic N) is 1. The van der Waals surface area contributed by atoms with Crippen molar-refractivity contribution >= 4 is 63.3 Å². The van der Waals surface area contributed by atoms with Crippen LogP contribution in [0.5, 0.6) is 5.75 Å². The van der Waals surface area contributed by atoms with E-state index in [0.29, 0.717) is 28.6 Å². The minimum Gasteiger partial charge on any atom is -0.493 e.